The van der Waals surface area contributed by atoms with Crippen molar-refractivity contribution in [2.75, 3.05) is 29.6 Å². The van der Waals surface area contributed by atoms with Crippen molar-refractivity contribution in [3.63, 3.8) is 0 Å². The Morgan fingerprint density at radius 3 is 2.17 bits per heavy atom. The Morgan fingerprint density at radius 2 is 1.43 bits per heavy atom. The van der Waals surface area contributed by atoms with Gasteiger partial charge in [-0.3, -0.25) is 0 Å². The Hall–Kier alpha value is -4.76. The molecular weight excluding hydrogens is 603 g/mol. The van der Waals surface area contributed by atoms with Crippen LogP contribution in [0, 0.1) is 0 Å². The number of nitrogens with zero attached hydrogens (tertiary/aromatic N) is 4. The van der Waals surface area contributed by atoms with Crippen LogP contribution in [0.3, 0.4) is 0 Å². The molecule has 47 heavy (non-hydrogen) atoms. The second-order valence-electron chi connectivity index (χ2n) is 13.1. The van der Waals surface area contributed by atoms with Crippen LogP contribution in [0.15, 0.2) is 77.2 Å². The maximum absolute atomic E-state index is 6.40. The van der Waals surface area contributed by atoms with Crippen LogP contribution >= 0.6 is 12.2 Å². The van der Waals surface area contributed by atoms with E-state index in [2.05, 4.69) is 77.4 Å². The summed E-state index contributed by atoms with van der Waals surface area (Å²) < 4.78 is 6.40. The van der Waals surface area contributed by atoms with Gasteiger partial charge in [0.1, 0.15) is 11.3 Å². The van der Waals surface area contributed by atoms with Gasteiger partial charge in [-0.05, 0) is 98.6 Å². The lowest BCUT2D eigenvalue weighted by molar-refractivity contribution is 0.387. The van der Waals surface area contributed by atoms with Crippen LogP contribution in [0.2, 0.25) is 0 Å². The monoisotopic (exact) mass is 641 g/mol. The number of fused-ring (bicyclic) bond motifs is 7. The van der Waals surface area contributed by atoms with Crippen molar-refractivity contribution in [2.45, 2.75) is 63.5 Å². The molecule has 0 amide bonds. The molecule has 0 spiro atoms. The third-order valence-electron chi connectivity index (χ3n) is 9.64. The van der Waals surface area contributed by atoms with Gasteiger partial charge in [0, 0.05) is 53.8 Å². The third-order valence-corrected chi connectivity index (χ3v) is 9.86. The van der Waals surface area contributed by atoms with Gasteiger partial charge in [-0.1, -0.05) is 48.5 Å². The molecular formula is C38H39N7OS. The van der Waals surface area contributed by atoms with E-state index in [0.29, 0.717) is 23.1 Å². The molecule has 0 unspecified atom stereocenters. The largest absolute Gasteiger partial charge is 0.435 e. The number of anilines is 3. The molecule has 0 radical (unpaired) electrons. The van der Waals surface area contributed by atoms with Crippen molar-refractivity contribution in [3.05, 3.63) is 84.1 Å². The highest BCUT2D eigenvalue weighted by molar-refractivity contribution is 7.80. The van der Waals surface area contributed by atoms with Gasteiger partial charge in [0.2, 0.25) is 11.8 Å². The summed E-state index contributed by atoms with van der Waals surface area (Å²) in [7, 11) is 4.15. The first-order chi connectivity index (χ1) is 23.0. The van der Waals surface area contributed by atoms with Crippen LogP contribution < -0.4 is 20.9 Å². The van der Waals surface area contributed by atoms with E-state index in [-0.39, 0.29) is 0 Å². The Labute approximate surface area is 280 Å². The summed E-state index contributed by atoms with van der Waals surface area (Å²) in [6.45, 7) is 0. The van der Waals surface area contributed by atoms with Crippen molar-refractivity contribution in [1.82, 2.24) is 20.3 Å². The smallest absolute Gasteiger partial charge is 0.227 e. The van der Waals surface area contributed by atoms with Gasteiger partial charge in [0.05, 0.1) is 5.69 Å². The summed E-state index contributed by atoms with van der Waals surface area (Å²) in [4.78, 5) is 16.9. The topological polar surface area (TPSA) is 91.1 Å². The molecule has 1 fully saturated rings. The number of hydrogen-bond donors (Lipinski definition) is 3. The molecule has 0 bridgehead atoms. The van der Waals surface area contributed by atoms with E-state index in [9.17, 15) is 0 Å². The summed E-state index contributed by atoms with van der Waals surface area (Å²) in [6.07, 6.45) is 8.70. The minimum atomic E-state index is 0.332. The highest BCUT2D eigenvalue weighted by atomic mass is 32.1. The second-order valence-corrected chi connectivity index (χ2v) is 13.5. The van der Waals surface area contributed by atoms with Crippen LogP contribution in [0.5, 0.6) is 0 Å². The lowest BCUT2D eigenvalue weighted by Crippen LogP contribution is -2.42. The molecule has 8 nitrogen and oxygen atoms in total. The number of nitrogens with one attached hydrogen (secondary N) is 3. The standard InChI is InChI=1S/C38H39N7OS/c1-45(2)35-31-13-7-8-14-32(31)42-37(44-35)39-24-19-21-26(22-20-24)41-38(47)40-25-17-15-23(16-18-25)36-43-33-29-11-5-3-9-27(29)28-10-4-6-12-30(28)34(33)46-36/h3-6,9-12,15-18,24,26H,7-8,13-14,19-22H2,1-2H3,(H,39,42,44)(H2,40,41,47). The number of rotatable bonds is 6. The summed E-state index contributed by atoms with van der Waals surface area (Å²) in [6, 6.07) is 25.6. The molecule has 2 aromatic heterocycles. The molecule has 2 aliphatic carbocycles. The van der Waals surface area contributed by atoms with Crippen LogP contribution in [0.25, 0.3) is 44.1 Å². The number of benzene rings is 4. The summed E-state index contributed by atoms with van der Waals surface area (Å²) >= 11 is 5.71. The molecule has 2 aliphatic rings. The number of aromatic nitrogens is 3. The van der Waals surface area contributed by atoms with Crippen molar-refractivity contribution in [1.29, 1.82) is 0 Å². The zero-order valence-electron chi connectivity index (χ0n) is 26.8. The molecule has 3 N–H and O–H groups in total. The minimum Gasteiger partial charge on any atom is -0.435 e. The van der Waals surface area contributed by atoms with Gasteiger partial charge in [-0.15, -0.1) is 0 Å². The summed E-state index contributed by atoms with van der Waals surface area (Å²) in [5.41, 5.74) is 6.10. The predicted octanol–water partition coefficient (Wildman–Crippen LogP) is 8.25. The van der Waals surface area contributed by atoms with Crippen molar-refractivity contribution in [3.8, 4) is 11.5 Å². The van der Waals surface area contributed by atoms with E-state index in [1.54, 1.807) is 0 Å². The Balaban J connectivity index is 0.893. The van der Waals surface area contributed by atoms with E-state index < -0.39 is 0 Å². The molecule has 2 heterocycles. The maximum Gasteiger partial charge on any atom is 0.227 e. The van der Waals surface area contributed by atoms with E-state index in [1.807, 2.05) is 30.3 Å². The average Bonchev–Trinajstić information content (AvgIpc) is 3.55. The van der Waals surface area contributed by atoms with E-state index in [1.165, 1.54) is 34.9 Å². The second kappa shape index (κ2) is 12.4. The molecule has 6 aromatic rings. The van der Waals surface area contributed by atoms with Gasteiger partial charge in [-0.2, -0.15) is 4.98 Å². The highest BCUT2D eigenvalue weighted by Gasteiger charge is 2.24. The van der Waals surface area contributed by atoms with Crippen LogP contribution in [-0.4, -0.2) is 46.2 Å². The van der Waals surface area contributed by atoms with Crippen LogP contribution in [-0.2, 0) is 12.8 Å². The molecule has 238 valence electrons. The zero-order valence-corrected chi connectivity index (χ0v) is 27.7. The van der Waals surface area contributed by atoms with Crippen molar-refractivity contribution >= 4 is 67.4 Å². The summed E-state index contributed by atoms with van der Waals surface area (Å²) in [5, 5.41) is 15.7. The lowest BCUT2D eigenvalue weighted by atomic mass is 9.91. The van der Waals surface area contributed by atoms with Crippen LogP contribution in [0.1, 0.15) is 49.8 Å². The quantitative estimate of drug-likeness (QED) is 0.123. The number of thiocarbonyl (C=S) groups is 1. The fourth-order valence-corrected chi connectivity index (χ4v) is 7.56. The number of hydrogen-bond acceptors (Lipinski definition) is 7. The molecule has 1 saturated carbocycles. The normalized spacial score (nSPS) is 17.8. The molecule has 0 saturated heterocycles. The third kappa shape index (κ3) is 5.84. The fraction of sp³-hybridized carbons (Fsp3) is 0.316. The van der Waals surface area contributed by atoms with Crippen molar-refractivity contribution < 1.29 is 4.42 Å². The first kappa shape index (κ1) is 29.6. The van der Waals surface area contributed by atoms with Crippen LogP contribution in [0.4, 0.5) is 17.5 Å². The SMILES string of the molecule is CN(C)c1nc(NC2CCC(NC(=S)Nc3ccc(-c4nc5c6ccccc6c6ccccc6c5o4)cc3)CC2)nc2c1CCCC2. The molecule has 8 rings (SSSR count). The van der Waals surface area contributed by atoms with E-state index in [4.69, 9.17) is 31.6 Å². The average molecular weight is 642 g/mol. The summed E-state index contributed by atoms with van der Waals surface area (Å²) in [5.74, 6) is 2.44. The Kier molecular flexibility index (Phi) is 7.85. The highest BCUT2D eigenvalue weighted by Crippen LogP contribution is 2.37. The Morgan fingerprint density at radius 1 is 0.766 bits per heavy atom. The minimum absolute atomic E-state index is 0.332. The van der Waals surface area contributed by atoms with E-state index >= 15 is 0 Å². The van der Waals surface area contributed by atoms with Gasteiger partial charge in [0.15, 0.2) is 10.7 Å². The zero-order chi connectivity index (χ0) is 31.9. The van der Waals surface area contributed by atoms with Gasteiger partial charge in [-0.25, -0.2) is 9.97 Å². The van der Waals surface area contributed by atoms with Gasteiger partial charge < -0.3 is 25.3 Å². The number of aryl methyl sites for hydroxylation is 1. The molecule has 0 atom stereocenters. The first-order valence-corrected chi connectivity index (χ1v) is 17.1. The molecule has 9 heteroatoms. The number of oxazole rings is 1. The molecule has 0 aliphatic heterocycles. The fourth-order valence-electron chi connectivity index (χ4n) is 7.27. The van der Waals surface area contributed by atoms with Gasteiger partial charge >= 0.3 is 0 Å². The predicted molar refractivity (Wildman–Crippen MR) is 196 cm³/mol. The first-order valence-electron chi connectivity index (χ1n) is 16.7. The Bertz CT molecular complexity index is 2030. The van der Waals surface area contributed by atoms with Crippen molar-refractivity contribution in [2.24, 2.45) is 0 Å². The van der Waals surface area contributed by atoms with E-state index in [0.717, 1.165) is 83.4 Å². The van der Waals surface area contributed by atoms with Gasteiger partial charge in [0.25, 0.3) is 0 Å². The lowest BCUT2D eigenvalue weighted by Gasteiger charge is -2.31. The maximum atomic E-state index is 6.40. The molecule has 4 aromatic carbocycles.